The van der Waals surface area contributed by atoms with E-state index in [2.05, 4.69) is 0 Å². The molecule has 1 fully saturated rings. The molecular formula is C23H34O5. The monoisotopic (exact) mass is 390 g/mol. The van der Waals surface area contributed by atoms with Gasteiger partial charge in [0.05, 0.1) is 18.8 Å². The summed E-state index contributed by atoms with van der Waals surface area (Å²) in [6, 6.07) is 0. The molecule has 5 heteroatoms. The number of allylic oxidation sites excluding steroid dienone is 2. The van der Waals surface area contributed by atoms with Crippen molar-refractivity contribution in [2.45, 2.75) is 90.8 Å². The van der Waals surface area contributed by atoms with E-state index in [-0.39, 0.29) is 18.2 Å². The van der Waals surface area contributed by atoms with E-state index in [1.54, 1.807) is 0 Å². The van der Waals surface area contributed by atoms with Gasteiger partial charge in [0.15, 0.2) is 5.79 Å². The molecule has 0 radical (unpaired) electrons. The fourth-order valence-electron chi connectivity index (χ4n) is 4.76. The van der Waals surface area contributed by atoms with Crippen molar-refractivity contribution in [3.63, 3.8) is 0 Å². The molecule has 0 saturated carbocycles. The van der Waals surface area contributed by atoms with Crippen molar-refractivity contribution in [1.82, 2.24) is 0 Å². The van der Waals surface area contributed by atoms with Crippen LogP contribution in [0.3, 0.4) is 0 Å². The summed E-state index contributed by atoms with van der Waals surface area (Å²) in [4.78, 5) is 12.2. The molecule has 0 bridgehead atoms. The van der Waals surface area contributed by atoms with Crippen molar-refractivity contribution in [3.05, 3.63) is 34.9 Å². The molecule has 0 aromatic carbocycles. The zero-order valence-corrected chi connectivity index (χ0v) is 18.0. The van der Waals surface area contributed by atoms with Crippen molar-refractivity contribution < 1.29 is 24.1 Å². The predicted molar refractivity (Wildman–Crippen MR) is 108 cm³/mol. The number of hydrogen-bond donors (Lipinski definition) is 1. The number of aliphatic hydroxyl groups is 1. The van der Waals surface area contributed by atoms with Gasteiger partial charge in [-0.3, -0.25) is 0 Å². The maximum absolute atomic E-state index is 12.2. The molecule has 156 valence electrons. The molecule has 0 aromatic rings. The average Bonchev–Trinajstić information content (AvgIpc) is 3.16. The maximum Gasteiger partial charge on any atom is 0.334 e. The van der Waals surface area contributed by atoms with E-state index in [0.29, 0.717) is 13.0 Å². The highest BCUT2D eigenvalue weighted by Gasteiger charge is 2.56. The van der Waals surface area contributed by atoms with Crippen LogP contribution in [0.15, 0.2) is 34.9 Å². The minimum Gasteiger partial charge on any atom is -0.463 e. The van der Waals surface area contributed by atoms with Gasteiger partial charge in [0.2, 0.25) is 0 Å². The molecule has 1 heterocycles. The lowest BCUT2D eigenvalue weighted by Crippen LogP contribution is -2.53. The predicted octanol–water partition coefficient (Wildman–Crippen LogP) is 4.21. The number of carbonyl (C=O) groups is 1. The van der Waals surface area contributed by atoms with Crippen LogP contribution < -0.4 is 0 Å². The van der Waals surface area contributed by atoms with Crippen LogP contribution >= 0.6 is 0 Å². The highest BCUT2D eigenvalue weighted by Crippen LogP contribution is 2.52. The molecule has 1 aliphatic heterocycles. The van der Waals surface area contributed by atoms with Crippen LogP contribution in [0, 0.1) is 5.41 Å². The molecule has 0 amide bonds. The molecule has 3 aliphatic rings. The van der Waals surface area contributed by atoms with Gasteiger partial charge in [-0.25, -0.2) is 4.79 Å². The maximum atomic E-state index is 12.2. The van der Waals surface area contributed by atoms with E-state index in [1.807, 2.05) is 59.8 Å². The highest BCUT2D eigenvalue weighted by molar-refractivity contribution is 5.90. The summed E-state index contributed by atoms with van der Waals surface area (Å²) >= 11 is 0. The van der Waals surface area contributed by atoms with Crippen LogP contribution in [0.4, 0.5) is 0 Å². The van der Waals surface area contributed by atoms with Gasteiger partial charge in [-0.05, 0) is 70.3 Å². The first-order chi connectivity index (χ1) is 13.0. The summed E-state index contributed by atoms with van der Waals surface area (Å²) in [5.41, 5.74) is 0.854. The second-order valence-corrected chi connectivity index (χ2v) is 9.02. The second-order valence-electron chi connectivity index (χ2n) is 9.02. The van der Waals surface area contributed by atoms with Gasteiger partial charge < -0.3 is 19.3 Å². The second kappa shape index (κ2) is 7.43. The van der Waals surface area contributed by atoms with Crippen molar-refractivity contribution in [1.29, 1.82) is 0 Å². The summed E-state index contributed by atoms with van der Waals surface area (Å²) in [5, 5.41) is 11.6. The summed E-state index contributed by atoms with van der Waals surface area (Å²) in [5.74, 6) is -1.02. The Kier molecular flexibility index (Phi) is 5.65. The molecule has 3 unspecified atom stereocenters. The van der Waals surface area contributed by atoms with Crippen molar-refractivity contribution in [3.8, 4) is 0 Å². The van der Waals surface area contributed by atoms with Crippen LogP contribution in [0.25, 0.3) is 0 Å². The van der Waals surface area contributed by atoms with Crippen LogP contribution in [-0.2, 0) is 19.0 Å². The first-order valence-corrected chi connectivity index (χ1v) is 10.4. The summed E-state index contributed by atoms with van der Waals surface area (Å²) in [6.07, 6.45) is 8.75. The lowest BCUT2D eigenvalue weighted by molar-refractivity contribution is -0.183. The molecule has 0 aromatic heterocycles. The first kappa shape index (κ1) is 21.3. The number of ether oxygens (including phenoxy) is 3. The Morgan fingerprint density at radius 1 is 1.29 bits per heavy atom. The SMILES string of the molecule is CCOC(=O)C1=C(C=CC2(O)C(C)=CC3(CC2(C)C)OC(C)C(C)O3)CCC1. The molecule has 5 nitrogen and oxygen atoms in total. The van der Waals surface area contributed by atoms with Crippen LogP contribution in [0.5, 0.6) is 0 Å². The van der Waals surface area contributed by atoms with Gasteiger partial charge in [-0.2, -0.15) is 0 Å². The quantitative estimate of drug-likeness (QED) is 0.575. The summed E-state index contributed by atoms with van der Waals surface area (Å²) < 4.78 is 17.5. The van der Waals surface area contributed by atoms with E-state index in [9.17, 15) is 9.90 Å². The minimum atomic E-state index is -1.14. The highest BCUT2D eigenvalue weighted by atomic mass is 16.8. The third-order valence-corrected chi connectivity index (χ3v) is 6.50. The standard InChI is InChI=1S/C23H34O5/c1-7-26-20(24)19-10-8-9-18(19)11-12-23(25)15(2)13-22(14-21(23,5)6)27-16(3)17(4)28-22/h11-13,16-17,25H,7-10,14H2,1-6H3. The Morgan fingerprint density at radius 2 is 1.93 bits per heavy atom. The summed E-state index contributed by atoms with van der Waals surface area (Å²) in [6.45, 7) is 12.2. The van der Waals surface area contributed by atoms with Crippen molar-refractivity contribution >= 4 is 5.97 Å². The Hall–Kier alpha value is -1.43. The molecule has 1 spiro atoms. The molecule has 28 heavy (non-hydrogen) atoms. The molecule has 3 atom stereocenters. The third-order valence-electron chi connectivity index (χ3n) is 6.50. The van der Waals surface area contributed by atoms with E-state index in [1.165, 1.54) is 0 Å². The average molecular weight is 391 g/mol. The van der Waals surface area contributed by atoms with Gasteiger partial charge in [0.1, 0.15) is 5.60 Å². The molecule has 1 saturated heterocycles. The molecule has 2 aliphatic carbocycles. The largest absolute Gasteiger partial charge is 0.463 e. The normalized spacial score (nSPS) is 37.8. The first-order valence-electron chi connectivity index (χ1n) is 10.4. The third kappa shape index (κ3) is 3.60. The zero-order valence-electron chi connectivity index (χ0n) is 18.0. The van der Waals surface area contributed by atoms with Gasteiger partial charge in [-0.15, -0.1) is 0 Å². The molecule has 1 N–H and O–H groups in total. The van der Waals surface area contributed by atoms with Crippen LogP contribution in [0.2, 0.25) is 0 Å². The van der Waals surface area contributed by atoms with E-state index in [4.69, 9.17) is 14.2 Å². The van der Waals surface area contributed by atoms with E-state index < -0.39 is 16.8 Å². The van der Waals surface area contributed by atoms with E-state index in [0.717, 1.165) is 36.0 Å². The molecular weight excluding hydrogens is 356 g/mol. The fraction of sp³-hybridized carbons (Fsp3) is 0.696. The lowest BCUT2D eigenvalue weighted by Gasteiger charge is -2.49. The van der Waals surface area contributed by atoms with Gasteiger partial charge in [0, 0.05) is 17.4 Å². The van der Waals surface area contributed by atoms with Gasteiger partial charge >= 0.3 is 5.97 Å². The minimum absolute atomic E-state index is 0.0114. The molecule has 3 rings (SSSR count). The Morgan fingerprint density at radius 3 is 2.50 bits per heavy atom. The number of esters is 1. The Balaban J connectivity index is 1.92. The van der Waals surface area contributed by atoms with Crippen molar-refractivity contribution in [2.24, 2.45) is 5.41 Å². The van der Waals surface area contributed by atoms with E-state index >= 15 is 0 Å². The Labute approximate surface area is 168 Å². The zero-order chi connectivity index (χ0) is 20.7. The smallest absolute Gasteiger partial charge is 0.334 e. The van der Waals surface area contributed by atoms with Crippen molar-refractivity contribution in [2.75, 3.05) is 6.61 Å². The fourth-order valence-corrected chi connectivity index (χ4v) is 4.76. The number of hydrogen-bond acceptors (Lipinski definition) is 5. The topological polar surface area (TPSA) is 65.0 Å². The lowest BCUT2D eigenvalue weighted by atomic mass is 9.63. The van der Waals surface area contributed by atoms with Crippen LogP contribution in [0.1, 0.15) is 67.2 Å². The van der Waals surface area contributed by atoms with Crippen LogP contribution in [-0.4, -0.2) is 41.3 Å². The van der Waals surface area contributed by atoms with Gasteiger partial charge in [0.25, 0.3) is 0 Å². The van der Waals surface area contributed by atoms with Gasteiger partial charge in [-0.1, -0.05) is 19.9 Å². The number of carbonyl (C=O) groups excluding carboxylic acids is 1. The summed E-state index contributed by atoms with van der Waals surface area (Å²) in [7, 11) is 0. The Bertz CT molecular complexity index is 719. The number of rotatable bonds is 4.